The smallest absolute Gasteiger partial charge is 0.325 e. The van der Waals surface area contributed by atoms with Gasteiger partial charge in [0, 0.05) is 5.92 Å². The Morgan fingerprint density at radius 1 is 1.56 bits per heavy atom. The normalized spacial score (nSPS) is 16.8. The molecule has 7 nitrogen and oxygen atoms in total. The third kappa shape index (κ3) is 2.18. The highest BCUT2D eigenvalue weighted by Crippen LogP contribution is 2.37. The van der Waals surface area contributed by atoms with Gasteiger partial charge < -0.3 is 10.4 Å². The minimum absolute atomic E-state index is 0.00463. The van der Waals surface area contributed by atoms with Crippen LogP contribution in [0.15, 0.2) is 0 Å². The van der Waals surface area contributed by atoms with Gasteiger partial charge in [-0.3, -0.25) is 14.7 Å². The maximum absolute atomic E-state index is 11.5. The van der Waals surface area contributed by atoms with Gasteiger partial charge in [-0.05, 0) is 19.8 Å². The van der Waals surface area contributed by atoms with E-state index in [-0.39, 0.29) is 5.82 Å². The summed E-state index contributed by atoms with van der Waals surface area (Å²) in [6, 6.07) is -0.949. The number of aromatic nitrogens is 3. The van der Waals surface area contributed by atoms with Crippen LogP contribution in [-0.4, -0.2) is 38.2 Å². The lowest BCUT2D eigenvalue weighted by Gasteiger charge is -2.05. The maximum Gasteiger partial charge on any atom is 0.325 e. The van der Waals surface area contributed by atoms with Crippen molar-refractivity contribution < 1.29 is 14.7 Å². The lowest BCUT2D eigenvalue weighted by molar-refractivity contribution is -0.138. The summed E-state index contributed by atoms with van der Waals surface area (Å²) in [7, 11) is 0. The number of amides is 1. The Bertz CT molecular complexity index is 424. The largest absolute Gasteiger partial charge is 0.480 e. The van der Waals surface area contributed by atoms with Crippen LogP contribution >= 0.6 is 0 Å². The number of carboxylic acids is 1. The first-order valence-corrected chi connectivity index (χ1v) is 5.04. The summed E-state index contributed by atoms with van der Waals surface area (Å²) in [5.41, 5.74) is 0. The first-order chi connectivity index (χ1) is 7.58. The van der Waals surface area contributed by atoms with E-state index >= 15 is 0 Å². The van der Waals surface area contributed by atoms with Crippen LogP contribution in [-0.2, 0) is 4.79 Å². The average molecular weight is 224 g/mol. The lowest BCUT2D eigenvalue weighted by atomic mass is 10.3. The van der Waals surface area contributed by atoms with E-state index in [1.807, 2.05) is 0 Å². The van der Waals surface area contributed by atoms with Gasteiger partial charge in [-0.25, -0.2) is 4.98 Å². The highest BCUT2D eigenvalue weighted by Gasteiger charge is 2.28. The molecule has 0 aromatic carbocycles. The number of H-pyrrole nitrogens is 1. The number of rotatable bonds is 4. The van der Waals surface area contributed by atoms with Crippen molar-refractivity contribution in [3.05, 3.63) is 11.6 Å². The van der Waals surface area contributed by atoms with Crippen molar-refractivity contribution in [2.75, 3.05) is 0 Å². The van der Waals surface area contributed by atoms with Gasteiger partial charge in [-0.15, -0.1) is 5.10 Å². The molecule has 7 heteroatoms. The Morgan fingerprint density at radius 3 is 2.81 bits per heavy atom. The number of hydrogen-bond donors (Lipinski definition) is 3. The minimum atomic E-state index is -1.09. The molecule has 3 N–H and O–H groups in total. The molecule has 1 saturated carbocycles. The summed E-state index contributed by atoms with van der Waals surface area (Å²) in [6.45, 7) is 1.38. The molecule has 2 rings (SSSR count). The second-order valence-electron chi connectivity index (χ2n) is 3.85. The monoisotopic (exact) mass is 224 g/mol. The Morgan fingerprint density at radius 2 is 2.25 bits per heavy atom. The second-order valence-corrected chi connectivity index (χ2v) is 3.85. The number of nitrogens with one attached hydrogen (secondary N) is 2. The number of aromatic amines is 1. The van der Waals surface area contributed by atoms with Crippen molar-refractivity contribution in [3.8, 4) is 0 Å². The van der Waals surface area contributed by atoms with E-state index in [0.29, 0.717) is 11.7 Å². The first kappa shape index (κ1) is 10.6. The molecule has 1 fully saturated rings. The topological polar surface area (TPSA) is 108 Å². The Hall–Kier alpha value is -1.92. The average Bonchev–Trinajstić information content (AvgIpc) is 2.96. The summed E-state index contributed by atoms with van der Waals surface area (Å²) in [5.74, 6) is -0.585. The third-order valence-electron chi connectivity index (χ3n) is 2.39. The molecule has 1 aliphatic carbocycles. The Balaban J connectivity index is 1.99. The van der Waals surface area contributed by atoms with Gasteiger partial charge in [0.2, 0.25) is 5.82 Å². The van der Waals surface area contributed by atoms with Gasteiger partial charge in [-0.1, -0.05) is 0 Å². The van der Waals surface area contributed by atoms with Crippen LogP contribution < -0.4 is 5.32 Å². The molecular formula is C9H12N4O3. The van der Waals surface area contributed by atoms with E-state index in [2.05, 4.69) is 20.5 Å². The number of carbonyl (C=O) groups excluding carboxylic acids is 1. The predicted octanol–water partition coefficient (Wildman–Crippen LogP) is -0.115. The number of carbonyl (C=O) groups is 2. The van der Waals surface area contributed by atoms with Crippen LogP contribution in [0.25, 0.3) is 0 Å². The zero-order chi connectivity index (χ0) is 11.7. The zero-order valence-corrected chi connectivity index (χ0v) is 8.73. The van der Waals surface area contributed by atoms with Crippen LogP contribution in [0, 0.1) is 0 Å². The summed E-state index contributed by atoms with van der Waals surface area (Å²) in [6.07, 6.45) is 2.11. The molecule has 1 unspecified atom stereocenters. The van der Waals surface area contributed by atoms with E-state index in [4.69, 9.17) is 5.11 Å². The van der Waals surface area contributed by atoms with Gasteiger partial charge in [0.05, 0.1) is 0 Å². The van der Waals surface area contributed by atoms with Crippen molar-refractivity contribution in [3.63, 3.8) is 0 Å². The fraction of sp³-hybridized carbons (Fsp3) is 0.556. The summed E-state index contributed by atoms with van der Waals surface area (Å²) < 4.78 is 0. The van der Waals surface area contributed by atoms with Gasteiger partial charge in [0.1, 0.15) is 11.9 Å². The molecule has 16 heavy (non-hydrogen) atoms. The lowest BCUT2D eigenvalue weighted by Crippen LogP contribution is -2.38. The van der Waals surface area contributed by atoms with Gasteiger partial charge in [0.25, 0.3) is 5.91 Å². The van der Waals surface area contributed by atoms with Crippen molar-refractivity contribution in [1.82, 2.24) is 20.5 Å². The summed E-state index contributed by atoms with van der Waals surface area (Å²) in [5, 5.41) is 17.3. The number of carboxylic acid groups (broad SMARTS) is 1. The summed E-state index contributed by atoms with van der Waals surface area (Å²) >= 11 is 0. The molecule has 0 radical (unpaired) electrons. The molecule has 86 valence electrons. The van der Waals surface area contributed by atoms with Crippen LogP contribution in [0.1, 0.15) is 42.1 Å². The van der Waals surface area contributed by atoms with Crippen molar-refractivity contribution in [2.45, 2.75) is 31.7 Å². The highest BCUT2D eigenvalue weighted by atomic mass is 16.4. The summed E-state index contributed by atoms with van der Waals surface area (Å²) in [4.78, 5) is 26.0. The Labute approximate surface area is 91.3 Å². The van der Waals surface area contributed by atoms with Crippen molar-refractivity contribution in [2.24, 2.45) is 0 Å². The fourth-order valence-corrected chi connectivity index (χ4v) is 1.24. The Kier molecular flexibility index (Phi) is 2.59. The van der Waals surface area contributed by atoms with E-state index in [0.717, 1.165) is 12.8 Å². The second kappa shape index (κ2) is 3.92. The van der Waals surface area contributed by atoms with E-state index < -0.39 is 17.9 Å². The molecule has 1 amide bonds. The number of aliphatic carboxylic acids is 1. The number of hydrogen-bond acceptors (Lipinski definition) is 4. The fourth-order valence-electron chi connectivity index (χ4n) is 1.24. The molecule has 0 bridgehead atoms. The predicted molar refractivity (Wildman–Crippen MR) is 52.9 cm³/mol. The van der Waals surface area contributed by atoms with E-state index in [1.165, 1.54) is 6.92 Å². The van der Waals surface area contributed by atoms with Crippen molar-refractivity contribution in [1.29, 1.82) is 0 Å². The molecular weight excluding hydrogens is 212 g/mol. The van der Waals surface area contributed by atoms with E-state index in [1.54, 1.807) is 0 Å². The molecule has 0 saturated heterocycles. The number of nitrogens with zero attached hydrogens (tertiary/aromatic N) is 2. The van der Waals surface area contributed by atoms with Crippen LogP contribution in [0.5, 0.6) is 0 Å². The SMILES string of the molecule is CC(NC(=O)c1n[nH]c(C2CC2)n1)C(=O)O. The quantitative estimate of drug-likeness (QED) is 0.661. The maximum atomic E-state index is 11.5. The van der Waals surface area contributed by atoms with Crippen LogP contribution in [0.4, 0.5) is 0 Å². The van der Waals surface area contributed by atoms with E-state index in [9.17, 15) is 9.59 Å². The molecule has 1 aromatic heterocycles. The molecule has 1 atom stereocenters. The molecule has 1 aliphatic rings. The molecule has 1 aromatic rings. The van der Waals surface area contributed by atoms with Gasteiger partial charge in [-0.2, -0.15) is 0 Å². The first-order valence-electron chi connectivity index (χ1n) is 5.04. The standard InChI is InChI=1S/C9H12N4O3/c1-4(9(15)16)10-8(14)7-11-6(12-13-7)5-2-3-5/h4-5H,2-3H2,1H3,(H,10,14)(H,15,16)(H,11,12,13). The minimum Gasteiger partial charge on any atom is -0.480 e. The van der Waals surface area contributed by atoms with Crippen molar-refractivity contribution >= 4 is 11.9 Å². The van der Waals surface area contributed by atoms with Gasteiger partial charge in [0.15, 0.2) is 0 Å². The van der Waals surface area contributed by atoms with Gasteiger partial charge >= 0.3 is 5.97 Å². The molecule has 0 spiro atoms. The third-order valence-corrected chi connectivity index (χ3v) is 2.39. The van der Waals surface area contributed by atoms with Crippen LogP contribution in [0.3, 0.4) is 0 Å². The van der Waals surface area contributed by atoms with Crippen LogP contribution in [0.2, 0.25) is 0 Å². The molecule has 0 aliphatic heterocycles. The zero-order valence-electron chi connectivity index (χ0n) is 8.73. The highest BCUT2D eigenvalue weighted by molar-refractivity contribution is 5.93. The molecule has 1 heterocycles.